The van der Waals surface area contributed by atoms with Gasteiger partial charge in [0.1, 0.15) is 6.26 Å². The molecule has 0 saturated carbocycles. The summed E-state index contributed by atoms with van der Waals surface area (Å²) in [5, 5.41) is 0. The van der Waals surface area contributed by atoms with E-state index in [9.17, 15) is 9.59 Å². The first-order valence-electron chi connectivity index (χ1n) is 9.83. The number of likely N-dealkylation sites (tertiary alicyclic amines) is 1. The number of hydrogen-bond donors (Lipinski definition) is 0. The number of carbonyl (C=O) groups excluding carboxylic acids is 2. The summed E-state index contributed by atoms with van der Waals surface area (Å²) in [5.74, 6) is 0.147. The van der Waals surface area contributed by atoms with Crippen LogP contribution in [0.1, 0.15) is 28.8 Å². The van der Waals surface area contributed by atoms with Crippen LogP contribution in [0, 0.1) is 5.92 Å². The fourth-order valence-electron chi connectivity index (χ4n) is 3.55. The Labute approximate surface area is 166 Å². The van der Waals surface area contributed by atoms with Crippen LogP contribution >= 0.6 is 0 Å². The Hall–Kier alpha value is -2.60. The van der Waals surface area contributed by atoms with Crippen molar-refractivity contribution in [2.75, 3.05) is 40.3 Å². The van der Waals surface area contributed by atoms with Crippen molar-refractivity contribution in [3.63, 3.8) is 0 Å². The summed E-state index contributed by atoms with van der Waals surface area (Å²) in [6, 6.07) is 11.8. The van der Waals surface area contributed by atoms with Crippen molar-refractivity contribution in [2.24, 2.45) is 5.92 Å². The minimum atomic E-state index is -0.0284. The Morgan fingerprint density at radius 1 is 1.07 bits per heavy atom. The number of nitrogens with zero attached hydrogens (tertiary/aromatic N) is 3. The van der Waals surface area contributed by atoms with Crippen LogP contribution in [0.3, 0.4) is 0 Å². The average molecular weight is 383 g/mol. The second-order valence-electron chi connectivity index (χ2n) is 7.63. The standard InChI is InChI=1S/C22H29N3O3/c1-23(2)13-14-25(16-18-6-4-3-5-7-18)21(26)19-8-11-24(12-9-19)22(27)20-10-15-28-17-20/h3-7,10,15,17,19H,8-9,11-14,16H2,1-2H3. The van der Waals surface area contributed by atoms with Gasteiger partial charge in [0.2, 0.25) is 5.91 Å². The van der Waals surface area contributed by atoms with Crippen molar-refractivity contribution in [1.29, 1.82) is 0 Å². The van der Waals surface area contributed by atoms with Crippen molar-refractivity contribution in [3.8, 4) is 0 Å². The first-order chi connectivity index (χ1) is 13.5. The summed E-state index contributed by atoms with van der Waals surface area (Å²) < 4.78 is 5.01. The normalized spacial score (nSPS) is 15.0. The predicted octanol–water partition coefficient (Wildman–Crippen LogP) is 2.72. The monoisotopic (exact) mass is 383 g/mol. The van der Waals surface area contributed by atoms with E-state index < -0.39 is 0 Å². The minimum absolute atomic E-state index is 0.0200. The fourth-order valence-corrected chi connectivity index (χ4v) is 3.55. The lowest BCUT2D eigenvalue weighted by Gasteiger charge is -2.34. The van der Waals surface area contributed by atoms with Crippen LogP contribution in [0.15, 0.2) is 53.3 Å². The molecule has 0 aliphatic carbocycles. The number of benzene rings is 1. The van der Waals surface area contributed by atoms with Gasteiger partial charge in [-0.15, -0.1) is 0 Å². The molecule has 1 aliphatic heterocycles. The first-order valence-corrected chi connectivity index (χ1v) is 9.83. The second kappa shape index (κ2) is 9.55. The number of rotatable bonds is 7. The minimum Gasteiger partial charge on any atom is -0.472 e. The molecule has 2 amide bonds. The summed E-state index contributed by atoms with van der Waals surface area (Å²) in [4.78, 5) is 31.5. The van der Waals surface area contributed by atoms with E-state index in [4.69, 9.17) is 4.42 Å². The summed E-state index contributed by atoms with van der Waals surface area (Å²) in [6.45, 7) is 3.37. The Bertz CT molecular complexity index is 751. The van der Waals surface area contributed by atoms with Gasteiger partial charge < -0.3 is 19.1 Å². The zero-order valence-corrected chi connectivity index (χ0v) is 16.7. The van der Waals surface area contributed by atoms with Gasteiger partial charge in [0, 0.05) is 38.6 Å². The number of hydrogen-bond acceptors (Lipinski definition) is 4. The molecule has 1 aliphatic rings. The van der Waals surface area contributed by atoms with Gasteiger partial charge in [0.05, 0.1) is 11.8 Å². The van der Waals surface area contributed by atoms with Gasteiger partial charge in [-0.3, -0.25) is 9.59 Å². The SMILES string of the molecule is CN(C)CCN(Cc1ccccc1)C(=O)C1CCN(C(=O)c2ccoc2)CC1. The van der Waals surface area contributed by atoms with E-state index in [1.807, 2.05) is 42.1 Å². The topological polar surface area (TPSA) is 57.0 Å². The maximum Gasteiger partial charge on any atom is 0.257 e. The van der Waals surface area contributed by atoms with Crippen molar-refractivity contribution in [2.45, 2.75) is 19.4 Å². The molecule has 1 fully saturated rings. The molecule has 150 valence electrons. The number of likely N-dealkylation sites (N-methyl/N-ethyl adjacent to an activating group) is 1. The number of amides is 2. The fraction of sp³-hybridized carbons (Fsp3) is 0.455. The summed E-state index contributed by atoms with van der Waals surface area (Å²) in [7, 11) is 4.04. The molecule has 1 aromatic carbocycles. The van der Waals surface area contributed by atoms with Crippen LogP contribution in [0.2, 0.25) is 0 Å². The maximum absolute atomic E-state index is 13.2. The molecule has 6 nitrogen and oxygen atoms in total. The van der Waals surface area contributed by atoms with E-state index in [2.05, 4.69) is 17.0 Å². The number of carbonyl (C=O) groups is 2. The molecule has 28 heavy (non-hydrogen) atoms. The summed E-state index contributed by atoms with van der Waals surface area (Å²) >= 11 is 0. The molecule has 0 atom stereocenters. The Kier molecular flexibility index (Phi) is 6.87. The molecule has 0 N–H and O–H groups in total. The van der Waals surface area contributed by atoms with Crippen LogP contribution < -0.4 is 0 Å². The number of furan rings is 1. The van der Waals surface area contributed by atoms with E-state index in [1.165, 1.54) is 12.5 Å². The third-order valence-corrected chi connectivity index (χ3v) is 5.24. The molecular weight excluding hydrogens is 354 g/mol. The third kappa shape index (κ3) is 5.23. The molecule has 0 spiro atoms. The van der Waals surface area contributed by atoms with Gasteiger partial charge in [-0.05, 0) is 38.6 Å². The molecule has 1 aromatic heterocycles. The molecular formula is C22H29N3O3. The van der Waals surface area contributed by atoms with Crippen molar-refractivity contribution >= 4 is 11.8 Å². The van der Waals surface area contributed by atoms with Crippen LogP contribution in [-0.4, -0.2) is 66.8 Å². The number of piperidine rings is 1. The highest BCUT2D eigenvalue weighted by Crippen LogP contribution is 2.22. The molecule has 2 aromatic rings. The molecule has 6 heteroatoms. The lowest BCUT2D eigenvalue weighted by atomic mass is 9.94. The van der Waals surface area contributed by atoms with Gasteiger partial charge in [-0.1, -0.05) is 30.3 Å². The Morgan fingerprint density at radius 2 is 1.79 bits per heavy atom. The van der Waals surface area contributed by atoms with E-state index in [-0.39, 0.29) is 17.7 Å². The van der Waals surface area contributed by atoms with Crippen LogP contribution in [-0.2, 0) is 11.3 Å². The zero-order valence-electron chi connectivity index (χ0n) is 16.7. The van der Waals surface area contributed by atoms with E-state index >= 15 is 0 Å². The highest BCUT2D eigenvalue weighted by atomic mass is 16.3. The van der Waals surface area contributed by atoms with E-state index in [0.717, 1.165) is 12.1 Å². The second-order valence-corrected chi connectivity index (χ2v) is 7.63. The molecule has 1 saturated heterocycles. The van der Waals surface area contributed by atoms with Crippen LogP contribution in [0.5, 0.6) is 0 Å². The van der Waals surface area contributed by atoms with E-state index in [0.29, 0.717) is 44.6 Å². The van der Waals surface area contributed by atoms with Crippen LogP contribution in [0.4, 0.5) is 0 Å². The van der Waals surface area contributed by atoms with Gasteiger partial charge in [0.15, 0.2) is 0 Å². The van der Waals surface area contributed by atoms with Crippen LogP contribution in [0.25, 0.3) is 0 Å². The lowest BCUT2D eigenvalue weighted by molar-refractivity contribution is -0.137. The van der Waals surface area contributed by atoms with Crippen molar-refractivity contribution < 1.29 is 14.0 Å². The smallest absolute Gasteiger partial charge is 0.257 e. The highest BCUT2D eigenvalue weighted by Gasteiger charge is 2.30. The van der Waals surface area contributed by atoms with Gasteiger partial charge in [-0.2, -0.15) is 0 Å². The maximum atomic E-state index is 13.2. The average Bonchev–Trinajstić information content (AvgIpc) is 3.25. The van der Waals surface area contributed by atoms with Gasteiger partial charge in [-0.25, -0.2) is 0 Å². The molecule has 0 radical (unpaired) electrons. The van der Waals surface area contributed by atoms with E-state index in [1.54, 1.807) is 6.07 Å². The largest absolute Gasteiger partial charge is 0.472 e. The lowest BCUT2D eigenvalue weighted by Crippen LogP contribution is -2.45. The zero-order chi connectivity index (χ0) is 19.9. The Morgan fingerprint density at radius 3 is 2.39 bits per heavy atom. The molecule has 2 heterocycles. The summed E-state index contributed by atoms with van der Waals surface area (Å²) in [6.07, 6.45) is 4.39. The Balaban J connectivity index is 1.60. The molecule has 0 unspecified atom stereocenters. The third-order valence-electron chi connectivity index (χ3n) is 5.24. The van der Waals surface area contributed by atoms with Crippen molar-refractivity contribution in [1.82, 2.24) is 14.7 Å². The van der Waals surface area contributed by atoms with Crippen molar-refractivity contribution in [3.05, 3.63) is 60.1 Å². The molecule has 3 rings (SSSR count). The highest BCUT2D eigenvalue weighted by molar-refractivity contribution is 5.94. The summed E-state index contributed by atoms with van der Waals surface area (Å²) in [5.41, 5.74) is 1.71. The molecule has 0 bridgehead atoms. The van der Waals surface area contributed by atoms with Gasteiger partial charge in [0.25, 0.3) is 5.91 Å². The predicted molar refractivity (Wildman–Crippen MR) is 108 cm³/mol. The first kappa shape index (κ1) is 20.1. The van der Waals surface area contributed by atoms with Gasteiger partial charge >= 0.3 is 0 Å². The quantitative estimate of drug-likeness (QED) is 0.738.